The molecule has 98 valence electrons. The van der Waals surface area contributed by atoms with Crippen molar-refractivity contribution in [2.75, 3.05) is 33.3 Å². The van der Waals surface area contributed by atoms with Gasteiger partial charge in [0.15, 0.2) is 0 Å². The molecule has 6 nitrogen and oxygen atoms in total. The molecule has 0 spiro atoms. The smallest absolute Gasteiger partial charge is 0.237 e. The summed E-state index contributed by atoms with van der Waals surface area (Å²) in [7, 11) is 1.57. The first-order valence-electron chi connectivity index (χ1n) is 5.94. The molecule has 1 rings (SSSR count). The molecule has 0 aromatic rings. The van der Waals surface area contributed by atoms with Crippen molar-refractivity contribution in [2.24, 2.45) is 5.73 Å². The molecule has 1 aliphatic heterocycles. The fraction of sp³-hybridized carbons (Fsp3) is 0.818. The van der Waals surface area contributed by atoms with Crippen LogP contribution in [0.15, 0.2) is 0 Å². The van der Waals surface area contributed by atoms with Gasteiger partial charge in [-0.3, -0.25) is 9.59 Å². The number of amides is 2. The van der Waals surface area contributed by atoms with Crippen molar-refractivity contribution in [2.45, 2.75) is 25.4 Å². The number of rotatable bonds is 6. The molecule has 1 fully saturated rings. The standard InChI is InChI=1S/C11H21N3O3/c1-14(8-10(12)15)11(16)4-7-17-9-2-5-13-6-3-9/h9,13H,2-8H2,1H3,(H2,12,15). The highest BCUT2D eigenvalue weighted by Gasteiger charge is 2.15. The van der Waals surface area contributed by atoms with Crippen LogP contribution in [0.25, 0.3) is 0 Å². The van der Waals surface area contributed by atoms with E-state index in [0.717, 1.165) is 25.9 Å². The van der Waals surface area contributed by atoms with Crippen molar-refractivity contribution in [3.8, 4) is 0 Å². The second-order valence-electron chi connectivity index (χ2n) is 4.29. The first-order valence-corrected chi connectivity index (χ1v) is 5.94. The van der Waals surface area contributed by atoms with Gasteiger partial charge < -0.3 is 20.7 Å². The van der Waals surface area contributed by atoms with Gasteiger partial charge in [0, 0.05) is 7.05 Å². The quantitative estimate of drug-likeness (QED) is 0.632. The maximum absolute atomic E-state index is 11.5. The SMILES string of the molecule is CN(CC(N)=O)C(=O)CCOC1CCNCC1. The summed E-state index contributed by atoms with van der Waals surface area (Å²) in [5.41, 5.74) is 5.01. The number of hydrogen-bond donors (Lipinski definition) is 2. The van der Waals surface area contributed by atoms with Crippen LogP contribution in [0.5, 0.6) is 0 Å². The molecule has 0 saturated carbocycles. The summed E-state index contributed by atoms with van der Waals surface area (Å²) in [6.45, 7) is 2.32. The molecule has 1 aliphatic rings. The largest absolute Gasteiger partial charge is 0.378 e. The first-order chi connectivity index (χ1) is 8.09. The second kappa shape index (κ2) is 7.24. The Morgan fingerprint density at radius 1 is 1.41 bits per heavy atom. The van der Waals surface area contributed by atoms with E-state index in [1.54, 1.807) is 7.05 Å². The zero-order valence-corrected chi connectivity index (χ0v) is 10.3. The van der Waals surface area contributed by atoms with Crippen LogP contribution in [-0.4, -0.2) is 56.1 Å². The van der Waals surface area contributed by atoms with Gasteiger partial charge in [0.1, 0.15) is 0 Å². The van der Waals surface area contributed by atoms with E-state index in [4.69, 9.17) is 10.5 Å². The van der Waals surface area contributed by atoms with Gasteiger partial charge in [0.25, 0.3) is 0 Å². The summed E-state index contributed by atoms with van der Waals surface area (Å²) in [6, 6.07) is 0. The minimum atomic E-state index is -0.500. The summed E-state index contributed by atoms with van der Waals surface area (Å²) >= 11 is 0. The lowest BCUT2D eigenvalue weighted by molar-refractivity contribution is -0.135. The van der Waals surface area contributed by atoms with Crippen molar-refractivity contribution in [1.82, 2.24) is 10.2 Å². The topological polar surface area (TPSA) is 84.7 Å². The lowest BCUT2D eigenvalue weighted by Gasteiger charge is -2.23. The fourth-order valence-corrected chi connectivity index (χ4v) is 1.79. The molecule has 0 bridgehead atoms. The number of likely N-dealkylation sites (N-methyl/N-ethyl adjacent to an activating group) is 1. The van der Waals surface area contributed by atoms with E-state index in [-0.39, 0.29) is 18.6 Å². The molecule has 3 N–H and O–H groups in total. The van der Waals surface area contributed by atoms with Crippen LogP contribution >= 0.6 is 0 Å². The van der Waals surface area contributed by atoms with Crippen LogP contribution < -0.4 is 11.1 Å². The average Bonchev–Trinajstić information content (AvgIpc) is 2.29. The van der Waals surface area contributed by atoms with Crippen molar-refractivity contribution in [1.29, 1.82) is 0 Å². The van der Waals surface area contributed by atoms with Crippen LogP contribution in [0, 0.1) is 0 Å². The maximum Gasteiger partial charge on any atom is 0.237 e. The van der Waals surface area contributed by atoms with Gasteiger partial charge in [-0.15, -0.1) is 0 Å². The molecule has 0 unspecified atom stereocenters. The van der Waals surface area contributed by atoms with Crippen LogP contribution in [-0.2, 0) is 14.3 Å². The molecule has 0 aromatic carbocycles. The summed E-state index contributed by atoms with van der Waals surface area (Å²) in [5.74, 6) is -0.613. The molecule has 0 atom stereocenters. The van der Waals surface area contributed by atoms with Gasteiger partial charge in [0.2, 0.25) is 11.8 Å². The number of carbonyl (C=O) groups is 2. The Labute approximate surface area is 101 Å². The molecule has 17 heavy (non-hydrogen) atoms. The fourth-order valence-electron chi connectivity index (χ4n) is 1.79. The molecule has 2 amide bonds. The predicted octanol–water partition coefficient (Wildman–Crippen LogP) is -0.911. The van der Waals surface area contributed by atoms with E-state index < -0.39 is 5.91 Å². The minimum Gasteiger partial charge on any atom is -0.378 e. The van der Waals surface area contributed by atoms with Crippen molar-refractivity contribution >= 4 is 11.8 Å². The maximum atomic E-state index is 11.5. The zero-order valence-electron chi connectivity index (χ0n) is 10.3. The van der Waals surface area contributed by atoms with Crippen LogP contribution in [0.4, 0.5) is 0 Å². The highest BCUT2D eigenvalue weighted by atomic mass is 16.5. The van der Waals surface area contributed by atoms with Gasteiger partial charge in [0.05, 0.1) is 25.7 Å². The Morgan fingerprint density at radius 2 is 2.06 bits per heavy atom. The number of piperidine rings is 1. The lowest BCUT2D eigenvalue weighted by Crippen LogP contribution is -2.36. The van der Waals surface area contributed by atoms with E-state index >= 15 is 0 Å². The van der Waals surface area contributed by atoms with Gasteiger partial charge in [-0.25, -0.2) is 0 Å². The molecule has 0 aliphatic carbocycles. The molecule has 1 heterocycles. The molecule has 0 aromatic heterocycles. The summed E-state index contributed by atoms with van der Waals surface area (Å²) in [4.78, 5) is 23.5. The van der Waals surface area contributed by atoms with Gasteiger partial charge in [-0.2, -0.15) is 0 Å². The van der Waals surface area contributed by atoms with Crippen LogP contribution in [0.1, 0.15) is 19.3 Å². The van der Waals surface area contributed by atoms with Crippen molar-refractivity contribution < 1.29 is 14.3 Å². The average molecular weight is 243 g/mol. The monoisotopic (exact) mass is 243 g/mol. The Balaban J connectivity index is 2.12. The Kier molecular flexibility index (Phi) is 5.93. The highest BCUT2D eigenvalue weighted by Crippen LogP contribution is 2.07. The number of nitrogens with one attached hydrogen (secondary N) is 1. The first kappa shape index (κ1) is 13.9. The molecule has 1 saturated heterocycles. The Bertz CT molecular complexity index is 265. The summed E-state index contributed by atoms with van der Waals surface area (Å²) in [6.07, 6.45) is 2.54. The number of nitrogens with two attached hydrogens (primary N) is 1. The van der Waals surface area contributed by atoms with E-state index in [1.165, 1.54) is 4.90 Å². The highest BCUT2D eigenvalue weighted by molar-refractivity contribution is 5.83. The third kappa shape index (κ3) is 5.65. The normalized spacial score (nSPS) is 16.8. The zero-order chi connectivity index (χ0) is 12.7. The van der Waals surface area contributed by atoms with Gasteiger partial charge in [-0.05, 0) is 25.9 Å². The van der Waals surface area contributed by atoms with E-state index in [2.05, 4.69) is 5.32 Å². The molecule has 6 heteroatoms. The number of carbonyl (C=O) groups excluding carboxylic acids is 2. The number of ether oxygens (including phenoxy) is 1. The summed E-state index contributed by atoms with van der Waals surface area (Å²) in [5, 5.41) is 3.25. The number of hydrogen-bond acceptors (Lipinski definition) is 4. The second-order valence-corrected chi connectivity index (χ2v) is 4.29. The number of primary amides is 1. The lowest BCUT2D eigenvalue weighted by atomic mass is 10.1. The molecular weight excluding hydrogens is 222 g/mol. The Hall–Kier alpha value is -1.14. The Morgan fingerprint density at radius 3 is 2.65 bits per heavy atom. The van der Waals surface area contributed by atoms with E-state index in [9.17, 15) is 9.59 Å². The molecular formula is C11H21N3O3. The third-order valence-corrected chi connectivity index (χ3v) is 2.77. The minimum absolute atomic E-state index is 0.0355. The van der Waals surface area contributed by atoms with Crippen molar-refractivity contribution in [3.05, 3.63) is 0 Å². The molecule has 0 radical (unpaired) electrons. The van der Waals surface area contributed by atoms with E-state index in [1.807, 2.05) is 0 Å². The predicted molar refractivity (Wildman–Crippen MR) is 63.3 cm³/mol. The van der Waals surface area contributed by atoms with E-state index in [0.29, 0.717) is 13.0 Å². The van der Waals surface area contributed by atoms with Crippen molar-refractivity contribution in [3.63, 3.8) is 0 Å². The third-order valence-electron chi connectivity index (χ3n) is 2.77. The van der Waals surface area contributed by atoms with Crippen LogP contribution in [0.3, 0.4) is 0 Å². The van der Waals surface area contributed by atoms with Crippen LogP contribution in [0.2, 0.25) is 0 Å². The van der Waals surface area contributed by atoms with Gasteiger partial charge in [-0.1, -0.05) is 0 Å². The van der Waals surface area contributed by atoms with Gasteiger partial charge >= 0.3 is 0 Å². The number of nitrogens with zero attached hydrogens (tertiary/aromatic N) is 1. The summed E-state index contributed by atoms with van der Waals surface area (Å²) < 4.78 is 5.61.